The quantitative estimate of drug-likeness (QED) is 0.489. The Morgan fingerprint density at radius 2 is 1.81 bits per heavy atom. The van der Waals surface area contributed by atoms with E-state index in [4.69, 9.17) is 9.47 Å². The van der Waals surface area contributed by atoms with E-state index in [2.05, 4.69) is 20.2 Å². The Morgan fingerprint density at radius 3 is 2.53 bits per heavy atom. The van der Waals surface area contributed by atoms with Crippen LogP contribution in [0.3, 0.4) is 0 Å². The zero-order valence-electron chi connectivity index (χ0n) is 20.0. The number of benzene rings is 2. The molecule has 0 aliphatic carbocycles. The molecule has 192 valence electrons. The summed E-state index contributed by atoms with van der Waals surface area (Å²) in [5.74, 6) is 1.15. The molecule has 2 aliphatic rings. The Labute approximate surface area is 210 Å². The maximum atomic E-state index is 12.8. The molecule has 0 atom stereocenters. The van der Waals surface area contributed by atoms with Gasteiger partial charge in [0.1, 0.15) is 18.5 Å². The SMILES string of the molecule is O=S(=O)(c1ccc(Nc2ncc3ccc(OC4CCN(CCF)CC4)cc3n2)cc1)N1CCOCC1. The number of piperidine rings is 1. The molecule has 0 spiro atoms. The van der Waals surface area contributed by atoms with Crippen LogP contribution in [0.4, 0.5) is 16.0 Å². The molecule has 1 N–H and O–H groups in total. The Hall–Kier alpha value is -2.86. The molecule has 2 aromatic carbocycles. The van der Waals surface area contributed by atoms with E-state index in [1.807, 2.05) is 18.2 Å². The largest absolute Gasteiger partial charge is 0.490 e. The lowest BCUT2D eigenvalue weighted by molar-refractivity contribution is 0.0730. The lowest BCUT2D eigenvalue weighted by Crippen LogP contribution is -2.40. The molecule has 2 aliphatic heterocycles. The Bertz CT molecular complexity index is 1280. The summed E-state index contributed by atoms with van der Waals surface area (Å²) in [6, 6.07) is 12.3. The van der Waals surface area contributed by atoms with Crippen molar-refractivity contribution >= 4 is 32.6 Å². The maximum absolute atomic E-state index is 12.8. The van der Waals surface area contributed by atoms with E-state index in [-0.39, 0.29) is 17.7 Å². The number of nitrogens with zero attached hydrogens (tertiary/aromatic N) is 4. The summed E-state index contributed by atoms with van der Waals surface area (Å²) in [7, 11) is -3.54. The molecule has 1 aromatic heterocycles. The van der Waals surface area contributed by atoms with Gasteiger partial charge in [-0.05, 0) is 49.2 Å². The molecular formula is C25H30FN5O4S. The third kappa shape index (κ3) is 5.75. The Balaban J connectivity index is 1.25. The number of nitrogens with one attached hydrogen (secondary N) is 1. The molecule has 3 aromatic rings. The van der Waals surface area contributed by atoms with E-state index in [9.17, 15) is 12.8 Å². The summed E-state index contributed by atoms with van der Waals surface area (Å²) < 4.78 is 51.1. The van der Waals surface area contributed by atoms with Crippen LogP contribution in [0.2, 0.25) is 0 Å². The van der Waals surface area contributed by atoms with Crippen molar-refractivity contribution in [2.24, 2.45) is 0 Å². The number of fused-ring (bicyclic) bond motifs is 1. The number of hydrogen-bond acceptors (Lipinski definition) is 8. The van der Waals surface area contributed by atoms with Crippen LogP contribution in [0.15, 0.2) is 53.6 Å². The first kappa shape index (κ1) is 24.8. The van der Waals surface area contributed by atoms with Crippen molar-refractivity contribution in [1.29, 1.82) is 0 Å². The average molecular weight is 516 g/mol. The number of halogens is 1. The van der Waals surface area contributed by atoms with Crippen LogP contribution >= 0.6 is 0 Å². The molecule has 0 radical (unpaired) electrons. The molecule has 36 heavy (non-hydrogen) atoms. The second-order valence-electron chi connectivity index (χ2n) is 8.93. The summed E-state index contributed by atoms with van der Waals surface area (Å²) in [4.78, 5) is 11.4. The van der Waals surface area contributed by atoms with Crippen LogP contribution in [0.5, 0.6) is 5.75 Å². The van der Waals surface area contributed by atoms with Crippen molar-refractivity contribution in [3.05, 3.63) is 48.7 Å². The highest BCUT2D eigenvalue weighted by Gasteiger charge is 2.26. The zero-order chi connectivity index (χ0) is 25.0. The maximum Gasteiger partial charge on any atom is 0.243 e. The van der Waals surface area contributed by atoms with Crippen molar-refractivity contribution in [2.45, 2.75) is 23.8 Å². The Kier molecular flexibility index (Phi) is 7.61. The summed E-state index contributed by atoms with van der Waals surface area (Å²) in [5.41, 5.74) is 1.43. The standard InChI is InChI=1S/C25H30FN5O4S/c26-9-12-30-10-7-21(8-11-30)35-22-4-1-19-18-27-25(29-24(19)17-22)28-20-2-5-23(6-3-20)36(32,33)31-13-15-34-16-14-31/h1-6,17-18,21H,7-16H2,(H,27,28,29). The smallest absolute Gasteiger partial charge is 0.243 e. The molecule has 2 saturated heterocycles. The number of sulfonamides is 1. The predicted octanol–water partition coefficient (Wildman–Crippen LogP) is 3.21. The molecular weight excluding hydrogens is 485 g/mol. The topological polar surface area (TPSA) is 96.9 Å². The highest BCUT2D eigenvalue weighted by molar-refractivity contribution is 7.89. The van der Waals surface area contributed by atoms with Crippen LogP contribution in [0, 0.1) is 0 Å². The summed E-state index contributed by atoms with van der Waals surface area (Å²) in [5, 5.41) is 4.03. The fourth-order valence-corrected chi connectivity index (χ4v) is 5.88. The van der Waals surface area contributed by atoms with Gasteiger partial charge in [-0.2, -0.15) is 4.31 Å². The van der Waals surface area contributed by atoms with Gasteiger partial charge in [-0.25, -0.2) is 22.8 Å². The van der Waals surface area contributed by atoms with Gasteiger partial charge in [0.15, 0.2) is 0 Å². The number of likely N-dealkylation sites (tertiary alicyclic amines) is 1. The normalized spacial score (nSPS) is 18.4. The first-order valence-electron chi connectivity index (χ1n) is 12.2. The summed E-state index contributed by atoms with van der Waals surface area (Å²) >= 11 is 0. The molecule has 0 saturated carbocycles. The molecule has 2 fully saturated rings. The third-order valence-corrected chi connectivity index (χ3v) is 8.42. The van der Waals surface area contributed by atoms with Gasteiger partial charge in [0.25, 0.3) is 0 Å². The fraction of sp³-hybridized carbons (Fsp3) is 0.440. The molecule has 0 bridgehead atoms. The van der Waals surface area contributed by atoms with E-state index in [0.717, 1.165) is 42.6 Å². The zero-order valence-corrected chi connectivity index (χ0v) is 20.8. The van der Waals surface area contributed by atoms with Gasteiger partial charge < -0.3 is 19.7 Å². The van der Waals surface area contributed by atoms with E-state index >= 15 is 0 Å². The van der Waals surface area contributed by atoms with Gasteiger partial charge in [-0.3, -0.25) is 0 Å². The van der Waals surface area contributed by atoms with Crippen molar-refractivity contribution in [2.75, 3.05) is 57.9 Å². The van der Waals surface area contributed by atoms with Gasteiger partial charge >= 0.3 is 0 Å². The minimum atomic E-state index is -3.54. The minimum Gasteiger partial charge on any atom is -0.490 e. The lowest BCUT2D eigenvalue weighted by Gasteiger charge is -2.31. The second-order valence-corrected chi connectivity index (χ2v) is 10.9. The van der Waals surface area contributed by atoms with Gasteiger partial charge in [-0.15, -0.1) is 0 Å². The molecule has 0 unspecified atom stereocenters. The number of hydrogen-bond donors (Lipinski definition) is 1. The van der Waals surface area contributed by atoms with E-state index in [1.54, 1.807) is 30.5 Å². The molecule has 11 heteroatoms. The van der Waals surface area contributed by atoms with Gasteiger partial charge in [0, 0.05) is 56.1 Å². The monoisotopic (exact) mass is 515 g/mol. The van der Waals surface area contributed by atoms with Gasteiger partial charge in [0.2, 0.25) is 16.0 Å². The van der Waals surface area contributed by atoms with Crippen molar-refractivity contribution in [3.63, 3.8) is 0 Å². The highest BCUT2D eigenvalue weighted by atomic mass is 32.2. The van der Waals surface area contributed by atoms with E-state index in [0.29, 0.717) is 44.5 Å². The summed E-state index contributed by atoms with van der Waals surface area (Å²) in [6.07, 6.45) is 3.57. The number of morpholine rings is 1. The van der Waals surface area contributed by atoms with Crippen LogP contribution in [0.1, 0.15) is 12.8 Å². The van der Waals surface area contributed by atoms with Crippen LogP contribution in [-0.2, 0) is 14.8 Å². The first-order chi connectivity index (χ1) is 17.5. The van der Waals surface area contributed by atoms with E-state index < -0.39 is 10.0 Å². The minimum absolute atomic E-state index is 0.102. The van der Waals surface area contributed by atoms with Crippen LogP contribution < -0.4 is 10.1 Å². The predicted molar refractivity (Wildman–Crippen MR) is 135 cm³/mol. The second kappa shape index (κ2) is 11.0. The number of rotatable bonds is 8. The van der Waals surface area contributed by atoms with Gasteiger partial charge in [-0.1, -0.05) is 0 Å². The highest BCUT2D eigenvalue weighted by Crippen LogP contribution is 2.25. The molecule has 3 heterocycles. The van der Waals surface area contributed by atoms with Crippen molar-refractivity contribution < 1.29 is 22.3 Å². The molecule has 5 rings (SSSR count). The molecule has 9 nitrogen and oxygen atoms in total. The number of anilines is 2. The number of aromatic nitrogens is 2. The first-order valence-corrected chi connectivity index (χ1v) is 13.6. The van der Waals surface area contributed by atoms with Crippen LogP contribution in [0.25, 0.3) is 10.9 Å². The summed E-state index contributed by atoms with van der Waals surface area (Å²) in [6.45, 7) is 3.38. The van der Waals surface area contributed by atoms with Gasteiger partial charge in [0.05, 0.1) is 23.6 Å². The molecule has 0 amide bonds. The van der Waals surface area contributed by atoms with Crippen molar-refractivity contribution in [3.8, 4) is 5.75 Å². The van der Waals surface area contributed by atoms with E-state index in [1.165, 1.54) is 4.31 Å². The average Bonchev–Trinajstić information content (AvgIpc) is 2.91. The fourth-order valence-electron chi connectivity index (χ4n) is 4.47. The number of alkyl halides is 1. The van der Waals surface area contributed by atoms with Crippen LogP contribution in [-0.4, -0.2) is 86.3 Å². The lowest BCUT2D eigenvalue weighted by atomic mass is 10.1. The Morgan fingerprint density at radius 1 is 1.06 bits per heavy atom. The number of ether oxygens (including phenoxy) is 2. The van der Waals surface area contributed by atoms with Crippen molar-refractivity contribution in [1.82, 2.24) is 19.2 Å². The third-order valence-electron chi connectivity index (χ3n) is 6.51.